The van der Waals surface area contributed by atoms with E-state index in [2.05, 4.69) is 0 Å². The van der Waals surface area contributed by atoms with Crippen LogP contribution in [0.2, 0.25) is 0 Å². The van der Waals surface area contributed by atoms with Gasteiger partial charge in [-0.25, -0.2) is 0 Å². The summed E-state index contributed by atoms with van der Waals surface area (Å²) >= 11 is 0. The topological polar surface area (TPSA) is 54.0 Å². The maximum absolute atomic E-state index is 11.0. The second-order valence-electron chi connectivity index (χ2n) is 4.73. The molecule has 1 heterocycles. The first-order valence-corrected chi connectivity index (χ1v) is 6.84. The van der Waals surface area contributed by atoms with E-state index in [-0.39, 0.29) is 24.8 Å². The molecule has 1 aromatic rings. The standard InChI is InChI=1S/C16H20O5/c1-12(17)19-11-15-14(8-9-16(18-2)21-15)20-10-13-6-4-3-5-7-13/h3-9,14-16H,10-11H2,1-2H3/t14-,15-,16+/m0/s1. The Morgan fingerprint density at radius 1 is 1.24 bits per heavy atom. The molecular weight excluding hydrogens is 272 g/mol. The summed E-state index contributed by atoms with van der Waals surface area (Å²) in [6, 6.07) is 9.87. The molecule has 21 heavy (non-hydrogen) atoms. The van der Waals surface area contributed by atoms with Gasteiger partial charge < -0.3 is 18.9 Å². The summed E-state index contributed by atoms with van der Waals surface area (Å²) in [6.07, 6.45) is 2.57. The molecule has 0 aliphatic carbocycles. The number of esters is 1. The summed E-state index contributed by atoms with van der Waals surface area (Å²) < 4.78 is 21.7. The lowest BCUT2D eigenvalue weighted by Gasteiger charge is -2.31. The molecule has 0 aromatic heterocycles. The number of benzene rings is 1. The highest BCUT2D eigenvalue weighted by Gasteiger charge is 2.29. The maximum Gasteiger partial charge on any atom is 0.302 e. The van der Waals surface area contributed by atoms with Crippen molar-refractivity contribution in [2.45, 2.75) is 32.0 Å². The highest BCUT2D eigenvalue weighted by atomic mass is 16.7. The SMILES string of the molecule is CO[C@H]1C=C[C@H](OCc2ccccc2)[C@H](COC(C)=O)O1. The molecule has 0 unspecified atom stereocenters. The lowest BCUT2D eigenvalue weighted by molar-refractivity contribution is -0.187. The Labute approximate surface area is 124 Å². The van der Waals surface area contributed by atoms with Crippen molar-refractivity contribution in [3.8, 4) is 0 Å². The van der Waals surface area contributed by atoms with Crippen molar-refractivity contribution >= 4 is 5.97 Å². The molecule has 0 fully saturated rings. The molecule has 3 atom stereocenters. The van der Waals surface area contributed by atoms with Crippen LogP contribution in [-0.4, -0.2) is 38.2 Å². The first kappa shape index (κ1) is 15.7. The number of hydrogen-bond acceptors (Lipinski definition) is 5. The zero-order chi connectivity index (χ0) is 15.1. The highest BCUT2D eigenvalue weighted by Crippen LogP contribution is 2.18. The van der Waals surface area contributed by atoms with Crippen molar-refractivity contribution in [1.29, 1.82) is 0 Å². The Morgan fingerprint density at radius 2 is 2.00 bits per heavy atom. The monoisotopic (exact) mass is 292 g/mol. The molecule has 0 spiro atoms. The van der Waals surface area contributed by atoms with Crippen LogP contribution in [0.3, 0.4) is 0 Å². The molecule has 0 N–H and O–H groups in total. The minimum Gasteiger partial charge on any atom is -0.463 e. The fourth-order valence-electron chi connectivity index (χ4n) is 2.02. The molecule has 0 amide bonds. The van der Waals surface area contributed by atoms with Crippen LogP contribution in [-0.2, 0) is 30.3 Å². The molecule has 5 nitrogen and oxygen atoms in total. The van der Waals surface area contributed by atoms with E-state index in [1.54, 1.807) is 13.2 Å². The largest absolute Gasteiger partial charge is 0.463 e. The smallest absolute Gasteiger partial charge is 0.302 e. The maximum atomic E-state index is 11.0. The lowest BCUT2D eigenvalue weighted by Crippen LogP contribution is -2.41. The van der Waals surface area contributed by atoms with Crippen LogP contribution in [0.15, 0.2) is 42.5 Å². The van der Waals surface area contributed by atoms with Crippen molar-refractivity contribution in [2.24, 2.45) is 0 Å². The molecule has 0 saturated heterocycles. The third-order valence-corrected chi connectivity index (χ3v) is 3.10. The number of methoxy groups -OCH3 is 1. The van der Waals surface area contributed by atoms with Gasteiger partial charge in [0, 0.05) is 14.0 Å². The Hall–Kier alpha value is -1.69. The summed E-state index contributed by atoms with van der Waals surface area (Å²) in [5, 5.41) is 0. The molecule has 2 rings (SSSR count). The third kappa shape index (κ3) is 4.97. The summed E-state index contributed by atoms with van der Waals surface area (Å²) in [6.45, 7) is 1.97. The van der Waals surface area contributed by atoms with E-state index in [4.69, 9.17) is 18.9 Å². The van der Waals surface area contributed by atoms with Crippen molar-refractivity contribution < 1.29 is 23.7 Å². The summed E-state index contributed by atoms with van der Waals surface area (Å²) in [5.74, 6) is -0.344. The van der Waals surface area contributed by atoms with Crippen LogP contribution in [0.1, 0.15) is 12.5 Å². The Balaban J connectivity index is 1.94. The number of rotatable bonds is 6. The van der Waals surface area contributed by atoms with Crippen LogP contribution in [0.4, 0.5) is 0 Å². The molecule has 0 bridgehead atoms. The Morgan fingerprint density at radius 3 is 2.67 bits per heavy atom. The summed E-state index contributed by atoms with van der Waals surface area (Å²) in [4.78, 5) is 11.0. The van der Waals surface area contributed by atoms with Gasteiger partial charge in [0.1, 0.15) is 18.8 Å². The first-order chi connectivity index (χ1) is 10.2. The van der Waals surface area contributed by atoms with E-state index in [1.807, 2.05) is 36.4 Å². The molecule has 0 radical (unpaired) electrons. The molecule has 0 saturated carbocycles. The van der Waals surface area contributed by atoms with Gasteiger partial charge in [-0.1, -0.05) is 36.4 Å². The first-order valence-electron chi connectivity index (χ1n) is 6.84. The van der Waals surface area contributed by atoms with Crippen LogP contribution in [0, 0.1) is 0 Å². The zero-order valence-electron chi connectivity index (χ0n) is 12.2. The number of carbonyl (C=O) groups is 1. The lowest BCUT2D eigenvalue weighted by atomic mass is 10.1. The summed E-state index contributed by atoms with van der Waals surface area (Å²) in [7, 11) is 1.56. The molecule has 1 aromatic carbocycles. The second-order valence-corrected chi connectivity index (χ2v) is 4.73. The fraction of sp³-hybridized carbons (Fsp3) is 0.438. The predicted octanol–water partition coefficient (Wildman–Crippen LogP) is 2.06. The van der Waals surface area contributed by atoms with Gasteiger partial charge >= 0.3 is 5.97 Å². The second kappa shape index (κ2) is 7.93. The van der Waals surface area contributed by atoms with Gasteiger partial charge in [-0.05, 0) is 11.6 Å². The Kier molecular flexibility index (Phi) is 5.92. The average Bonchev–Trinajstić information content (AvgIpc) is 2.52. The number of carbonyl (C=O) groups excluding carboxylic acids is 1. The predicted molar refractivity (Wildman–Crippen MR) is 76.5 cm³/mol. The van der Waals surface area contributed by atoms with Gasteiger partial charge in [-0.15, -0.1) is 0 Å². The van der Waals surface area contributed by atoms with Gasteiger partial charge in [0.05, 0.1) is 6.61 Å². The quantitative estimate of drug-likeness (QED) is 0.593. The third-order valence-electron chi connectivity index (χ3n) is 3.10. The van der Waals surface area contributed by atoms with Gasteiger partial charge in [0.2, 0.25) is 0 Å². The van der Waals surface area contributed by atoms with Crippen molar-refractivity contribution in [1.82, 2.24) is 0 Å². The van der Waals surface area contributed by atoms with E-state index in [0.717, 1.165) is 5.56 Å². The van der Waals surface area contributed by atoms with E-state index in [1.165, 1.54) is 6.92 Å². The van der Waals surface area contributed by atoms with E-state index < -0.39 is 6.29 Å². The van der Waals surface area contributed by atoms with Gasteiger partial charge in [0.15, 0.2) is 6.29 Å². The number of ether oxygens (including phenoxy) is 4. The minimum absolute atomic E-state index is 0.138. The summed E-state index contributed by atoms with van der Waals surface area (Å²) in [5.41, 5.74) is 1.08. The zero-order valence-corrected chi connectivity index (χ0v) is 12.2. The molecule has 1 aliphatic rings. The van der Waals surface area contributed by atoms with E-state index >= 15 is 0 Å². The van der Waals surface area contributed by atoms with E-state index in [9.17, 15) is 4.79 Å². The van der Waals surface area contributed by atoms with Crippen molar-refractivity contribution in [3.05, 3.63) is 48.0 Å². The van der Waals surface area contributed by atoms with Gasteiger partial charge in [0.25, 0.3) is 0 Å². The highest BCUT2D eigenvalue weighted by molar-refractivity contribution is 5.65. The molecule has 114 valence electrons. The number of hydrogen-bond donors (Lipinski definition) is 0. The fourth-order valence-corrected chi connectivity index (χ4v) is 2.02. The van der Waals surface area contributed by atoms with E-state index in [0.29, 0.717) is 6.61 Å². The molecule has 5 heteroatoms. The minimum atomic E-state index is -0.442. The van der Waals surface area contributed by atoms with Crippen LogP contribution in [0.25, 0.3) is 0 Å². The molecule has 1 aliphatic heterocycles. The van der Waals surface area contributed by atoms with Crippen molar-refractivity contribution in [3.63, 3.8) is 0 Å². The Bertz CT molecular complexity index is 471. The van der Waals surface area contributed by atoms with Crippen LogP contribution >= 0.6 is 0 Å². The average molecular weight is 292 g/mol. The van der Waals surface area contributed by atoms with Gasteiger partial charge in [-0.2, -0.15) is 0 Å². The van der Waals surface area contributed by atoms with Crippen molar-refractivity contribution in [2.75, 3.05) is 13.7 Å². The van der Waals surface area contributed by atoms with Crippen LogP contribution in [0.5, 0.6) is 0 Å². The molecular formula is C16H20O5. The van der Waals surface area contributed by atoms with Crippen LogP contribution < -0.4 is 0 Å². The normalized spacial score (nSPS) is 24.8. The van der Waals surface area contributed by atoms with Gasteiger partial charge in [-0.3, -0.25) is 4.79 Å².